The summed E-state index contributed by atoms with van der Waals surface area (Å²) in [4.78, 5) is 12.0. The summed E-state index contributed by atoms with van der Waals surface area (Å²) in [5.41, 5.74) is 2.81. The molecule has 2 amide bonds. The van der Waals surface area contributed by atoms with Crippen molar-refractivity contribution in [2.45, 2.75) is 25.3 Å². The summed E-state index contributed by atoms with van der Waals surface area (Å²) in [6.07, 6.45) is 3.40. The Bertz CT molecular complexity index is 699. The van der Waals surface area contributed by atoms with E-state index in [2.05, 4.69) is 16.0 Å². The lowest BCUT2D eigenvalue weighted by Crippen LogP contribution is -2.33. The van der Waals surface area contributed by atoms with Crippen LogP contribution in [0, 0.1) is 0 Å². The molecule has 24 heavy (non-hydrogen) atoms. The highest BCUT2D eigenvalue weighted by Gasteiger charge is 2.13. The zero-order chi connectivity index (χ0) is 16.8. The molecule has 0 aromatic heterocycles. The molecule has 1 aliphatic heterocycles. The predicted octanol–water partition coefficient (Wildman–Crippen LogP) is 4.27. The Morgan fingerprint density at radius 1 is 1.17 bits per heavy atom. The molecule has 0 saturated carbocycles. The first-order valence-electron chi connectivity index (χ1n) is 8.35. The van der Waals surface area contributed by atoms with Crippen molar-refractivity contribution in [1.29, 1.82) is 0 Å². The van der Waals surface area contributed by atoms with Gasteiger partial charge in [0.15, 0.2) is 0 Å². The van der Waals surface area contributed by atoms with Gasteiger partial charge in [-0.25, -0.2) is 4.79 Å². The molecule has 0 radical (unpaired) electrons. The molecule has 1 saturated heterocycles. The third kappa shape index (κ3) is 4.73. The highest BCUT2D eigenvalue weighted by atomic mass is 35.5. The van der Waals surface area contributed by atoms with Crippen LogP contribution in [-0.2, 0) is 0 Å². The van der Waals surface area contributed by atoms with Crippen LogP contribution in [0.1, 0.15) is 19.3 Å². The van der Waals surface area contributed by atoms with Gasteiger partial charge in [-0.2, -0.15) is 0 Å². The molecular formula is C19H22ClN3O. The maximum atomic E-state index is 12.0. The van der Waals surface area contributed by atoms with Gasteiger partial charge < -0.3 is 16.0 Å². The van der Waals surface area contributed by atoms with Crippen molar-refractivity contribution in [3.05, 3.63) is 53.6 Å². The highest BCUT2D eigenvalue weighted by molar-refractivity contribution is 6.30. The number of nitrogens with one attached hydrogen (secondary N) is 3. The van der Waals surface area contributed by atoms with Gasteiger partial charge in [-0.1, -0.05) is 35.9 Å². The van der Waals surface area contributed by atoms with Crippen LogP contribution in [0.2, 0.25) is 5.02 Å². The molecule has 1 atom stereocenters. The first kappa shape index (κ1) is 16.8. The minimum absolute atomic E-state index is 0.170. The molecule has 0 spiro atoms. The van der Waals surface area contributed by atoms with Crippen LogP contribution in [0.15, 0.2) is 48.5 Å². The van der Waals surface area contributed by atoms with E-state index in [1.807, 2.05) is 48.5 Å². The van der Waals surface area contributed by atoms with Crippen LogP contribution in [0.3, 0.4) is 0 Å². The van der Waals surface area contributed by atoms with Crippen molar-refractivity contribution in [1.82, 2.24) is 10.6 Å². The van der Waals surface area contributed by atoms with E-state index in [4.69, 9.17) is 11.6 Å². The van der Waals surface area contributed by atoms with E-state index < -0.39 is 0 Å². The fourth-order valence-electron chi connectivity index (χ4n) is 2.98. The molecule has 3 N–H and O–H groups in total. The van der Waals surface area contributed by atoms with Gasteiger partial charge in [-0.15, -0.1) is 0 Å². The lowest BCUT2D eigenvalue weighted by molar-refractivity contribution is 0.251. The standard InChI is InChI=1S/C19H22ClN3O/c20-16-6-1-4-14(12-16)15-5-2-7-18(13-15)23-19(24)22-11-9-17-8-3-10-21-17/h1-2,4-7,12-13,17,21H,3,8-11H2,(H2,22,23,24)/t17-/m0/s1. The molecule has 1 aliphatic rings. The van der Waals surface area contributed by atoms with E-state index >= 15 is 0 Å². The summed E-state index contributed by atoms with van der Waals surface area (Å²) < 4.78 is 0. The number of carbonyl (C=O) groups is 1. The Morgan fingerprint density at radius 2 is 1.96 bits per heavy atom. The second-order valence-electron chi connectivity index (χ2n) is 6.05. The van der Waals surface area contributed by atoms with Gasteiger partial charge in [0.1, 0.15) is 0 Å². The van der Waals surface area contributed by atoms with E-state index in [0.29, 0.717) is 17.6 Å². The fraction of sp³-hybridized carbons (Fsp3) is 0.316. The first-order chi connectivity index (χ1) is 11.7. The molecule has 0 unspecified atom stereocenters. The van der Waals surface area contributed by atoms with E-state index in [9.17, 15) is 4.79 Å². The second kappa shape index (κ2) is 8.18. The molecule has 1 heterocycles. The lowest BCUT2D eigenvalue weighted by atomic mass is 10.1. The monoisotopic (exact) mass is 343 g/mol. The molecule has 5 heteroatoms. The Hall–Kier alpha value is -2.04. The third-order valence-corrected chi connectivity index (χ3v) is 4.45. The molecule has 1 fully saturated rings. The molecule has 2 aromatic rings. The van der Waals surface area contributed by atoms with Gasteiger partial charge in [0.2, 0.25) is 0 Å². The molecule has 126 valence electrons. The summed E-state index contributed by atoms with van der Waals surface area (Å²) in [5.74, 6) is 0. The Morgan fingerprint density at radius 3 is 2.71 bits per heavy atom. The number of halogens is 1. The zero-order valence-corrected chi connectivity index (χ0v) is 14.3. The summed E-state index contributed by atoms with van der Waals surface area (Å²) in [5, 5.41) is 9.93. The normalized spacial score (nSPS) is 16.8. The number of benzene rings is 2. The van der Waals surface area contributed by atoms with Gasteiger partial charge >= 0.3 is 6.03 Å². The van der Waals surface area contributed by atoms with E-state index in [0.717, 1.165) is 29.8 Å². The number of urea groups is 1. The smallest absolute Gasteiger partial charge is 0.319 e. The van der Waals surface area contributed by atoms with Gasteiger partial charge in [0, 0.05) is 23.3 Å². The summed E-state index contributed by atoms with van der Waals surface area (Å²) in [7, 11) is 0. The van der Waals surface area contributed by atoms with Gasteiger partial charge in [-0.3, -0.25) is 0 Å². The summed E-state index contributed by atoms with van der Waals surface area (Å²) in [6.45, 7) is 1.77. The maximum absolute atomic E-state index is 12.0. The van der Waals surface area contributed by atoms with Gasteiger partial charge in [0.05, 0.1) is 0 Å². The summed E-state index contributed by atoms with van der Waals surface area (Å²) >= 11 is 6.05. The fourth-order valence-corrected chi connectivity index (χ4v) is 3.17. The van der Waals surface area contributed by atoms with Crippen molar-refractivity contribution in [2.24, 2.45) is 0 Å². The Balaban J connectivity index is 1.55. The van der Waals surface area contributed by atoms with E-state index in [1.54, 1.807) is 0 Å². The SMILES string of the molecule is O=C(NCC[C@@H]1CCCN1)Nc1cccc(-c2cccc(Cl)c2)c1. The lowest BCUT2D eigenvalue weighted by Gasteiger charge is -2.12. The topological polar surface area (TPSA) is 53.2 Å². The van der Waals surface area contributed by atoms with E-state index in [-0.39, 0.29) is 6.03 Å². The highest BCUT2D eigenvalue weighted by Crippen LogP contribution is 2.25. The molecule has 4 nitrogen and oxygen atoms in total. The van der Waals surface area contributed by atoms with Crippen LogP contribution < -0.4 is 16.0 Å². The summed E-state index contributed by atoms with van der Waals surface area (Å²) in [6, 6.07) is 15.8. The zero-order valence-electron chi connectivity index (χ0n) is 13.5. The van der Waals surface area contributed by atoms with Crippen molar-refractivity contribution in [3.63, 3.8) is 0 Å². The average molecular weight is 344 g/mol. The van der Waals surface area contributed by atoms with Crippen LogP contribution in [-0.4, -0.2) is 25.2 Å². The van der Waals surface area contributed by atoms with Gasteiger partial charge in [0.25, 0.3) is 0 Å². The van der Waals surface area contributed by atoms with Crippen LogP contribution in [0.25, 0.3) is 11.1 Å². The minimum Gasteiger partial charge on any atom is -0.338 e. The molecule has 2 aromatic carbocycles. The van der Waals surface area contributed by atoms with Crippen LogP contribution in [0.4, 0.5) is 10.5 Å². The maximum Gasteiger partial charge on any atom is 0.319 e. The van der Waals surface area contributed by atoms with Gasteiger partial charge in [-0.05, 0) is 61.2 Å². The van der Waals surface area contributed by atoms with Crippen molar-refractivity contribution >= 4 is 23.3 Å². The molecular weight excluding hydrogens is 322 g/mol. The number of hydrogen-bond donors (Lipinski definition) is 3. The Kier molecular flexibility index (Phi) is 5.72. The number of carbonyl (C=O) groups excluding carboxylic acids is 1. The quantitative estimate of drug-likeness (QED) is 0.759. The third-order valence-electron chi connectivity index (χ3n) is 4.22. The number of amides is 2. The largest absolute Gasteiger partial charge is 0.338 e. The van der Waals surface area contributed by atoms with Crippen LogP contribution >= 0.6 is 11.6 Å². The molecule has 3 rings (SSSR count). The van der Waals surface area contributed by atoms with Crippen molar-refractivity contribution < 1.29 is 4.79 Å². The average Bonchev–Trinajstić information content (AvgIpc) is 3.08. The second-order valence-corrected chi connectivity index (χ2v) is 6.49. The minimum atomic E-state index is -0.170. The predicted molar refractivity (Wildman–Crippen MR) is 99.6 cm³/mol. The molecule has 0 aliphatic carbocycles. The van der Waals surface area contributed by atoms with Crippen molar-refractivity contribution in [3.8, 4) is 11.1 Å². The molecule has 0 bridgehead atoms. The number of anilines is 1. The number of rotatable bonds is 5. The van der Waals surface area contributed by atoms with E-state index in [1.165, 1.54) is 12.8 Å². The number of hydrogen-bond acceptors (Lipinski definition) is 2. The van der Waals surface area contributed by atoms with Crippen molar-refractivity contribution in [2.75, 3.05) is 18.4 Å². The Labute approximate surface area is 147 Å². The van der Waals surface area contributed by atoms with Crippen LogP contribution in [0.5, 0.6) is 0 Å². The first-order valence-corrected chi connectivity index (χ1v) is 8.73.